The Morgan fingerprint density at radius 3 is 2.59 bits per heavy atom. The van der Waals surface area contributed by atoms with E-state index in [1.54, 1.807) is 30.3 Å². The molecule has 0 aromatic heterocycles. The summed E-state index contributed by atoms with van der Waals surface area (Å²) in [7, 11) is -2.60. The van der Waals surface area contributed by atoms with Crippen molar-refractivity contribution in [3.8, 4) is 5.75 Å². The second kappa shape index (κ2) is 8.29. The van der Waals surface area contributed by atoms with Crippen LogP contribution in [0.25, 0.3) is 0 Å². The number of rotatable bonds is 6. The van der Waals surface area contributed by atoms with E-state index in [1.165, 1.54) is 26.2 Å². The minimum absolute atomic E-state index is 0.0908. The molecule has 10 heteroatoms. The summed E-state index contributed by atoms with van der Waals surface area (Å²) >= 11 is 0. The molecule has 0 bridgehead atoms. The molecule has 2 unspecified atom stereocenters. The average Bonchev–Trinajstić information content (AvgIpc) is 3.17. The third kappa shape index (κ3) is 4.80. The Balaban J connectivity index is 1.72. The molecule has 154 valence electrons. The molecule has 5 N–H and O–H groups in total. The van der Waals surface area contributed by atoms with Crippen molar-refractivity contribution < 1.29 is 22.7 Å². The standard InChI is InChI=1S/C19H22N4O5S/c1-11(24)12-4-3-5-14(8-12)21-19(25)16-10-15(22-23-16)13-6-7-17(28-2)18(9-13)29(20,26)27/h3-9,15-16,22-23H,10H2,1-2H3,(H,21,25)(H2,20,26,27). The number of nitrogens with two attached hydrogens (primary N) is 1. The maximum absolute atomic E-state index is 12.6. The lowest BCUT2D eigenvalue weighted by Crippen LogP contribution is -2.39. The van der Waals surface area contributed by atoms with Gasteiger partial charge in [-0.1, -0.05) is 18.2 Å². The smallest absolute Gasteiger partial charge is 0.242 e. The number of sulfonamides is 1. The zero-order valence-electron chi connectivity index (χ0n) is 15.9. The van der Waals surface area contributed by atoms with E-state index in [4.69, 9.17) is 9.88 Å². The fourth-order valence-corrected chi connectivity index (χ4v) is 3.86. The number of carbonyl (C=O) groups excluding carboxylic acids is 2. The van der Waals surface area contributed by atoms with Crippen LogP contribution in [0.15, 0.2) is 47.4 Å². The Kier molecular flexibility index (Phi) is 5.99. The van der Waals surface area contributed by atoms with Crippen molar-refractivity contribution >= 4 is 27.4 Å². The Morgan fingerprint density at radius 1 is 1.17 bits per heavy atom. The molecule has 2 aromatic rings. The third-order valence-electron chi connectivity index (χ3n) is 4.65. The molecule has 0 spiro atoms. The molecule has 9 nitrogen and oxygen atoms in total. The Labute approximate surface area is 168 Å². The molecule has 0 saturated carbocycles. The van der Waals surface area contributed by atoms with Crippen molar-refractivity contribution in [2.75, 3.05) is 12.4 Å². The number of methoxy groups -OCH3 is 1. The zero-order chi connectivity index (χ0) is 21.2. The van der Waals surface area contributed by atoms with Gasteiger partial charge in [-0.05, 0) is 43.2 Å². The molecule has 0 aliphatic carbocycles. The van der Waals surface area contributed by atoms with Gasteiger partial charge in [-0.15, -0.1) is 0 Å². The molecule has 1 aliphatic rings. The van der Waals surface area contributed by atoms with Crippen molar-refractivity contribution in [3.05, 3.63) is 53.6 Å². The summed E-state index contributed by atoms with van der Waals surface area (Å²) in [6.45, 7) is 1.46. The summed E-state index contributed by atoms with van der Waals surface area (Å²) in [5, 5.41) is 8.04. The fourth-order valence-electron chi connectivity index (χ4n) is 3.12. The van der Waals surface area contributed by atoms with E-state index in [0.29, 0.717) is 23.2 Å². The molecule has 1 heterocycles. The molecule has 0 radical (unpaired) electrons. The monoisotopic (exact) mass is 418 g/mol. The molecule has 29 heavy (non-hydrogen) atoms. The van der Waals surface area contributed by atoms with Crippen LogP contribution in [-0.2, 0) is 14.8 Å². The minimum atomic E-state index is -3.96. The van der Waals surface area contributed by atoms with Gasteiger partial charge in [0, 0.05) is 17.3 Å². The topological polar surface area (TPSA) is 140 Å². The first-order valence-corrected chi connectivity index (χ1v) is 10.4. The lowest BCUT2D eigenvalue weighted by atomic mass is 10.0. The third-order valence-corrected chi connectivity index (χ3v) is 5.58. The normalized spacial score (nSPS) is 19.0. The number of primary sulfonamides is 1. The SMILES string of the molecule is COc1ccc(C2CC(C(=O)Nc3cccc(C(C)=O)c3)NN2)cc1S(N)(=O)=O. The van der Waals surface area contributed by atoms with Crippen molar-refractivity contribution in [1.82, 2.24) is 10.9 Å². The average molecular weight is 418 g/mol. The van der Waals surface area contributed by atoms with Crippen molar-refractivity contribution in [3.63, 3.8) is 0 Å². The molecule has 1 amide bonds. The number of anilines is 1. The number of ether oxygens (including phenoxy) is 1. The van der Waals surface area contributed by atoms with Gasteiger partial charge in [-0.25, -0.2) is 24.4 Å². The van der Waals surface area contributed by atoms with E-state index < -0.39 is 16.1 Å². The van der Waals surface area contributed by atoms with Crippen LogP contribution in [0.3, 0.4) is 0 Å². The van der Waals surface area contributed by atoms with E-state index in [2.05, 4.69) is 16.2 Å². The van der Waals surface area contributed by atoms with Gasteiger partial charge < -0.3 is 10.1 Å². The van der Waals surface area contributed by atoms with Gasteiger partial charge >= 0.3 is 0 Å². The minimum Gasteiger partial charge on any atom is -0.495 e. The van der Waals surface area contributed by atoms with Gasteiger partial charge in [0.05, 0.1) is 7.11 Å². The number of hydrogen-bond acceptors (Lipinski definition) is 7. The highest BCUT2D eigenvalue weighted by Crippen LogP contribution is 2.30. The van der Waals surface area contributed by atoms with Crippen LogP contribution < -0.4 is 26.0 Å². The predicted molar refractivity (Wildman–Crippen MR) is 107 cm³/mol. The predicted octanol–water partition coefficient (Wildman–Crippen LogP) is 1.09. The maximum atomic E-state index is 12.6. The van der Waals surface area contributed by atoms with E-state index in [-0.39, 0.29) is 28.4 Å². The molecule has 1 aliphatic heterocycles. The summed E-state index contributed by atoms with van der Waals surface area (Å²) < 4.78 is 28.7. The molecule has 3 rings (SSSR count). The molecular formula is C19H22N4O5S. The highest BCUT2D eigenvalue weighted by atomic mass is 32.2. The van der Waals surface area contributed by atoms with Gasteiger partial charge in [0.2, 0.25) is 15.9 Å². The molecule has 1 fully saturated rings. The van der Waals surface area contributed by atoms with Crippen LogP contribution in [-0.4, -0.2) is 33.3 Å². The molecular weight excluding hydrogens is 396 g/mol. The number of hydrazine groups is 1. The van der Waals surface area contributed by atoms with Crippen molar-refractivity contribution in [2.24, 2.45) is 5.14 Å². The van der Waals surface area contributed by atoms with E-state index >= 15 is 0 Å². The number of Topliss-reactive ketones (excluding diaryl/α,β-unsaturated/α-hetero) is 1. The first kappa shape index (κ1) is 20.9. The maximum Gasteiger partial charge on any atom is 0.242 e. The van der Waals surface area contributed by atoms with Gasteiger partial charge in [-0.3, -0.25) is 9.59 Å². The van der Waals surface area contributed by atoms with Gasteiger partial charge in [0.1, 0.15) is 16.7 Å². The fraction of sp³-hybridized carbons (Fsp3) is 0.263. The molecule has 1 saturated heterocycles. The summed E-state index contributed by atoms with van der Waals surface area (Å²) in [5.41, 5.74) is 7.58. The van der Waals surface area contributed by atoms with Crippen LogP contribution in [0.4, 0.5) is 5.69 Å². The van der Waals surface area contributed by atoms with Gasteiger partial charge in [-0.2, -0.15) is 0 Å². The Bertz CT molecular complexity index is 1050. The highest BCUT2D eigenvalue weighted by molar-refractivity contribution is 7.89. The van der Waals surface area contributed by atoms with Gasteiger partial charge in [0.15, 0.2) is 5.78 Å². The summed E-state index contributed by atoms with van der Waals surface area (Å²) in [6, 6.07) is 10.5. The van der Waals surface area contributed by atoms with Crippen LogP contribution >= 0.6 is 0 Å². The quantitative estimate of drug-likeness (QED) is 0.515. The van der Waals surface area contributed by atoms with Crippen molar-refractivity contribution in [1.29, 1.82) is 0 Å². The largest absolute Gasteiger partial charge is 0.495 e. The number of amides is 1. The number of hydrogen-bond donors (Lipinski definition) is 4. The Hall–Kier alpha value is -2.79. The van der Waals surface area contributed by atoms with Crippen LogP contribution in [0.1, 0.15) is 35.3 Å². The number of nitrogens with one attached hydrogen (secondary N) is 3. The van der Waals surface area contributed by atoms with Crippen LogP contribution in [0.5, 0.6) is 5.75 Å². The van der Waals surface area contributed by atoms with Crippen molar-refractivity contribution in [2.45, 2.75) is 30.3 Å². The molecule has 2 atom stereocenters. The number of carbonyl (C=O) groups is 2. The second-order valence-electron chi connectivity index (χ2n) is 6.71. The highest BCUT2D eigenvalue weighted by Gasteiger charge is 2.31. The van der Waals surface area contributed by atoms with Crippen LogP contribution in [0, 0.1) is 0 Å². The summed E-state index contributed by atoms with van der Waals surface area (Å²) in [4.78, 5) is 23.9. The Morgan fingerprint density at radius 2 is 1.93 bits per heavy atom. The number of benzene rings is 2. The first-order chi connectivity index (χ1) is 13.7. The van der Waals surface area contributed by atoms with E-state index in [9.17, 15) is 18.0 Å². The molecule has 2 aromatic carbocycles. The first-order valence-electron chi connectivity index (χ1n) is 8.82. The van der Waals surface area contributed by atoms with E-state index in [1.807, 2.05) is 0 Å². The van der Waals surface area contributed by atoms with E-state index in [0.717, 1.165) is 0 Å². The summed E-state index contributed by atoms with van der Waals surface area (Å²) in [5.74, 6) is -0.213. The second-order valence-corrected chi connectivity index (χ2v) is 8.24. The summed E-state index contributed by atoms with van der Waals surface area (Å²) in [6.07, 6.45) is 0.384. The van der Waals surface area contributed by atoms with Crippen LogP contribution in [0.2, 0.25) is 0 Å². The lowest BCUT2D eigenvalue weighted by molar-refractivity contribution is -0.117. The van der Waals surface area contributed by atoms with Gasteiger partial charge in [0.25, 0.3) is 0 Å². The number of ketones is 1. The lowest BCUT2D eigenvalue weighted by Gasteiger charge is -2.13. The zero-order valence-corrected chi connectivity index (χ0v) is 16.7.